The summed E-state index contributed by atoms with van der Waals surface area (Å²) >= 11 is 0. The van der Waals surface area contributed by atoms with E-state index in [-0.39, 0.29) is 6.42 Å². The van der Waals surface area contributed by atoms with Crippen molar-refractivity contribution in [3.63, 3.8) is 0 Å². The maximum absolute atomic E-state index is 14.7. The lowest BCUT2D eigenvalue weighted by Crippen LogP contribution is -2.43. The van der Waals surface area contributed by atoms with Crippen molar-refractivity contribution in [1.29, 1.82) is 0 Å². The first kappa shape index (κ1) is 19.6. The van der Waals surface area contributed by atoms with Gasteiger partial charge < -0.3 is 0 Å². The normalized spacial score (nSPS) is 16.9. The van der Waals surface area contributed by atoms with E-state index in [0.717, 1.165) is 20.8 Å². The topological polar surface area (TPSA) is 0 Å². The zero-order valence-electron chi connectivity index (χ0n) is 14.7. The Balaban J connectivity index is 2.67. The van der Waals surface area contributed by atoms with Crippen LogP contribution in [0.2, 0.25) is 0 Å². The molecule has 0 aliphatic heterocycles. The van der Waals surface area contributed by atoms with E-state index in [0.29, 0.717) is 0 Å². The number of benzene rings is 2. The van der Waals surface area contributed by atoms with Gasteiger partial charge in [-0.05, 0) is 6.42 Å². The Labute approximate surface area is 149 Å². The minimum absolute atomic E-state index is 0.258. The maximum atomic E-state index is 14.7. The molecule has 8 heteroatoms. The molecule has 0 nitrogen and oxygen atoms in total. The van der Waals surface area contributed by atoms with E-state index in [2.05, 4.69) is 0 Å². The van der Waals surface area contributed by atoms with Crippen LogP contribution in [0.5, 0.6) is 0 Å². The van der Waals surface area contributed by atoms with Crippen LogP contribution in [-0.2, 0) is 10.8 Å². The van der Waals surface area contributed by atoms with Crippen LogP contribution in [0.4, 0.5) is 35.1 Å². The van der Waals surface area contributed by atoms with Gasteiger partial charge in [-0.2, -0.15) is 0 Å². The number of halogens is 8. The Hall–Kier alpha value is -2.12. The number of rotatable bonds is 1. The van der Waals surface area contributed by atoms with Crippen molar-refractivity contribution in [3.05, 3.63) is 68.8 Å². The summed E-state index contributed by atoms with van der Waals surface area (Å²) in [6.45, 7) is 4.61. The first-order valence-electron chi connectivity index (χ1n) is 8.07. The fourth-order valence-electron chi connectivity index (χ4n) is 4.08. The molecule has 0 amide bonds. The van der Waals surface area contributed by atoms with Crippen molar-refractivity contribution in [2.45, 2.75) is 44.9 Å². The third-order valence-electron chi connectivity index (χ3n) is 5.59. The SMILES string of the molecule is CCC1(C)c2c(F)c(F)c(F)c(F)c2C(C)(C)c2c(F)c(F)c(F)c(F)c21. The average Bonchev–Trinajstić information content (AvgIpc) is 2.61. The molecule has 0 atom stereocenters. The van der Waals surface area contributed by atoms with Gasteiger partial charge in [0.2, 0.25) is 0 Å². The first-order chi connectivity index (χ1) is 12.3. The van der Waals surface area contributed by atoms with Crippen LogP contribution in [-0.4, -0.2) is 0 Å². The quantitative estimate of drug-likeness (QED) is 0.309. The third-order valence-corrected chi connectivity index (χ3v) is 5.59. The van der Waals surface area contributed by atoms with Crippen LogP contribution in [0.15, 0.2) is 0 Å². The Morgan fingerprint density at radius 1 is 0.481 bits per heavy atom. The summed E-state index contributed by atoms with van der Waals surface area (Å²) in [5, 5.41) is 0. The lowest BCUT2D eigenvalue weighted by Gasteiger charge is -2.45. The first-order valence-corrected chi connectivity index (χ1v) is 8.07. The fourth-order valence-corrected chi connectivity index (χ4v) is 4.08. The zero-order valence-corrected chi connectivity index (χ0v) is 14.7. The molecule has 0 unspecified atom stereocenters. The Kier molecular flexibility index (Phi) is 4.14. The highest BCUT2D eigenvalue weighted by atomic mass is 19.2. The monoisotopic (exact) mass is 394 g/mol. The summed E-state index contributed by atoms with van der Waals surface area (Å²) in [5.41, 5.74) is -7.01. The van der Waals surface area contributed by atoms with E-state index in [9.17, 15) is 35.1 Å². The molecule has 0 spiro atoms. The summed E-state index contributed by atoms with van der Waals surface area (Å²) < 4.78 is 114. The third kappa shape index (κ3) is 2.15. The molecule has 0 saturated heterocycles. The Morgan fingerprint density at radius 3 is 1.00 bits per heavy atom. The van der Waals surface area contributed by atoms with Crippen molar-refractivity contribution in [2.75, 3.05) is 0 Å². The van der Waals surface area contributed by atoms with Crippen LogP contribution in [0.3, 0.4) is 0 Å². The number of fused-ring (bicyclic) bond motifs is 2. The molecule has 3 rings (SSSR count). The highest BCUT2D eigenvalue weighted by Gasteiger charge is 2.52. The van der Waals surface area contributed by atoms with Gasteiger partial charge in [0.15, 0.2) is 46.5 Å². The van der Waals surface area contributed by atoms with Gasteiger partial charge in [0.1, 0.15) is 0 Å². The molecule has 146 valence electrons. The fraction of sp³-hybridized carbons (Fsp3) is 0.368. The van der Waals surface area contributed by atoms with Crippen LogP contribution < -0.4 is 0 Å². The van der Waals surface area contributed by atoms with Crippen molar-refractivity contribution >= 4 is 0 Å². The van der Waals surface area contributed by atoms with Gasteiger partial charge in [-0.15, -0.1) is 0 Å². The molecule has 0 radical (unpaired) electrons. The van der Waals surface area contributed by atoms with E-state index < -0.39 is 79.6 Å². The van der Waals surface area contributed by atoms with E-state index in [4.69, 9.17) is 0 Å². The second-order valence-electron chi connectivity index (χ2n) is 7.32. The molecule has 1 aliphatic carbocycles. The minimum Gasteiger partial charge on any atom is -0.203 e. The standard InChI is InChI=1S/C19H14F8/c1-5-19(4)8-6(10(20)14(24)16(26)12(8)22)18(2,3)7-9(19)13(23)17(27)15(25)11(7)21/h5H2,1-4H3. The van der Waals surface area contributed by atoms with E-state index >= 15 is 0 Å². The van der Waals surface area contributed by atoms with E-state index in [1.807, 2.05) is 0 Å². The summed E-state index contributed by atoms with van der Waals surface area (Å²) in [5.74, 6) is -15.6. The molecule has 0 bridgehead atoms. The van der Waals surface area contributed by atoms with Crippen LogP contribution in [0.1, 0.15) is 56.4 Å². The van der Waals surface area contributed by atoms with Gasteiger partial charge in [-0.1, -0.05) is 27.7 Å². The van der Waals surface area contributed by atoms with E-state index in [1.54, 1.807) is 0 Å². The molecule has 0 N–H and O–H groups in total. The van der Waals surface area contributed by atoms with Crippen molar-refractivity contribution in [1.82, 2.24) is 0 Å². The molecule has 0 saturated carbocycles. The molecule has 0 fully saturated rings. The van der Waals surface area contributed by atoms with Crippen molar-refractivity contribution in [2.24, 2.45) is 0 Å². The van der Waals surface area contributed by atoms with E-state index in [1.165, 1.54) is 6.92 Å². The molecule has 0 aromatic heterocycles. The van der Waals surface area contributed by atoms with Gasteiger partial charge in [0, 0.05) is 33.1 Å². The molecule has 2 aromatic carbocycles. The van der Waals surface area contributed by atoms with Gasteiger partial charge in [-0.3, -0.25) is 0 Å². The smallest absolute Gasteiger partial charge is 0.197 e. The van der Waals surface area contributed by atoms with Crippen molar-refractivity contribution < 1.29 is 35.1 Å². The molecule has 27 heavy (non-hydrogen) atoms. The molecular weight excluding hydrogens is 380 g/mol. The van der Waals surface area contributed by atoms with Crippen molar-refractivity contribution in [3.8, 4) is 0 Å². The Morgan fingerprint density at radius 2 is 0.741 bits per heavy atom. The summed E-state index contributed by atoms with van der Waals surface area (Å²) in [7, 11) is 0. The average molecular weight is 394 g/mol. The van der Waals surface area contributed by atoms with Crippen LogP contribution >= 0.6 is 0 Å². The number of hydrogen-bond donors (Lipinski definition) is 0. The molecule has 0 heterocycles. The summed E-state index contributed by atoms with van der Waals surface area (Å²) in [6, 6.07) is 0. The number of hydrogen-bond acceptors (Lipinski definition) is 0. The summed E-state index contributed by atoms with van der Waals surface area (Å²) in [6.07, 6.45) is -0.258. The second-order valence-corrected chi connectivity index (χ2v) is 7.32. The lowest BCUT2D eigenvalue weighted by molar-refractivity contribution is 0.328. The van der Waals surface area contributed by atoms with Gasteiger partial charge in [-0.25, -0.2) is 35.1 Å². The predicted octanol–water partition coefficient (Wildman–Crippen LogP) is 6.15. The predicted molar refractivity (Wildman–Crippen MR) is 81.4 cm³/mol. The van der Waals surface area contributed by atoms with Gasteiger partial charge in [0.25, 0.3) is 0 Å². The minimum atomic E-state index is -2.12. The maximum Gasteiger partial charge on any atom is 0.197 e. The lowest BCUT2D eigenvalue weighted by atomic mass is 9.57. The van der Waals surface area contributed by atoms with Gasteiger partial charge in [0.05, 0.1) is 0 Å². The molecular formula is C19H14F8. The highest BCUT2D eigenvalue weighted by Crippen LogP contribution is 2.55. The summed E-state index contributed by atoms with van der Waals surface area (Å²) in [4.78, 5) is 0. The highest BCUT2D eigenvalue weighted by molar-refractivity contribution is 5.61. The van der Waals surface area contributed by atoms with Gasteiger partial charge >= 0.3 is 0 Å². The second kappa shape index (κ2) is 5.69. The van der Waals surface area contributed by atoms with Crippen LogP contribution in [0, 0.1) is 46.5 Å². The Bertz CT molecular complexity index is 917. The zero-order chi connectivity index (χ0) is 20.6. The molecule has 1 aliphatic rings. The molecule has 2 aromatic rings. The largest absolute Gasteiger partial charge is 0.203 e. The van der Waals surface area contributed by atoms with Crippen LogP contribution in [0.25, 0.3) is 0 Å².